The number of amides is 1. The molecule has 0 radical (unpaired) electrons. The molecule has 0 aliphatic carbocycles. The highest BCUT2D eigenvalue weighted by molar-refractivity contribution is 5.76. The van der Waals surface area contributed by atoms with Crippen LogP contribution in [-0.4, -0.2) is 35.1 Å². The molecule has 3 N–H and O–H groups in total. The van der Waals surface area contributed by atoms with Gasteiger partial charge >= 0.3 is 0 Å². The predicted octanol–water partition coefficient (Wildman–Crippen LogP) is 1.43. The van der Waals surface area contributed by atoms with Crippen LogP contribution in [0.3, 0.4) is 0 Å². The van der Waals surface area contributed by atoms with Gasteiger partial charge in [-0.15, -0.1) is 0 Å². The smallest absolute Gasteiger partial charge is 0.222 e. The summed E-state index contributed by atoms with van der Waals surface area (Å²) in [5, 5.41) is 9.81. The van der Waals surface area contributed by atoms with Crippen LogP contribution in [0.4, 0.5) is 5.69 Å². The Bertz CT molecular complexity index is 430. The molecule has 104 valence electrons. The first kappa shape index (κ1) is 13.9. The molecule has 4 heteroatoms. The Morgan fingerprint density at radius 3 is 2.74 bits per heavy atom. The molecule has 0 bridgehead atoms. The molecule has 1 amide bonds. The molecule has 2 rings (SSSR count). The predicted molar refractivity (Wildman–Crippen MR) is 75.5 cm³/mol. The number of hydrogen-bond acceptors (Lipinski definition) is 3. The molecule has 0 aromatic heterocycles. The molecular formula is C15H22N2O2. The van der Waals surface area contributed by atoms with Gasteiger partial charge in [0.05, 0.1) is 6.10 Å². The Balaban J connectivity index is 1.83. The summed E-state index contributed by atoms with van der Waals surface area (Å²) in [6.45, 7) is 3.27. The largest absolute Gasteiger partial charge is 0.399 e. The van der Waals surface area contributed by atoms with E-state index in [0.717, 1.165) is 30.6 Å². The Morgan fingerprint density at radius 2 is 2.11 bits per heavy atom. The monoisotopic (exact) mass is 262 g/mol. The number of aliphatic hydroxyl groups excluding tert-OH is 1. The quantitative estimate of drug-likeness (QED) is 0.810. The van der Waals surface area contributed by atoms with Gasteiger partial charge in [0, 0.05) is 25.2 Å². The van der Waals surface area contributed by atoms with Crippen LogP contribution in [0.25, 0.3) is 0 Å². The minimum Gasteiger partial charge on any atom is -0.399 e. The molecule has 1 fully saturated rings. The van der Waals surface area contributed by atoms with E-state index >= 15 is 0 Å². The standard InChI is InChI=1S/C15H22N2O2/c1-11-8-9-17(10-14(11)18)15(19)7-4-12-2-5-13(16)6-3-12/h2-3,5-6,11,14,18H,4,7-10,16H2,1H3. The van der Waals surface area contributed by atoms with Crippen LogP contribution in [0.5, 0.6) is 0 Å². The van der Waals surface area contributed by atoms with E-state index in [1.807, 2.05) is 31.2 Å². The van der Waals surface area contributed by atoms with Crippen molar-refractivity contribution in [1.82, 2.24) is 4.90 Å². The Kier molecular flexibility index (Phi) is 4.43. The number of nitrogens with zero attached hydrogens (tertiary/aromatic N) is 1. The number of hydrogen-bond donors (Lipinski definition) is 2. The van der Waals surface area contributed by atoms with Crippen LogP contribution in [0.2, 0.25) is 0 Å². The molecule has 1 aliphatic rings. The normalized spacial score (nSPS) is 23.4. The summed E-state index contributed by atoms with van der Waals surface area (Å²) < 4.78 is 0. The van der Waals surface area contributed by atoms with Crippen LogP contribution < -0.4 is 5.73 Å². The Morgan fingerprint density at radius 1 is 1.42 bits per heavy atom. The van der Waals surface area contributed by atoms with E-state index in [1.54, 1.807) is 4.90 Å². The molecule has 2 unspecified atom stereocenters. The van der Waals surface area contributed by atoms with Crippen molar-refractivity contribution in [2.24, 2.45) is 5.92 Å². The number of benzene rings is 1. The lowest BCUT2D eigenvalue weighted by atomic mass is 9.95. The number of nitrogens with two attached hydrogens (primary N) is 1. The molecule has 0 spiro atoms. The summed E-state index contributed by atoms with van der Waals surface area (Å²) >= 11 is 0. The molecule has 1 heterocycles. The number of likely N-dealkylation sites (tertiary alicyclic amines) is 1. The van der Waals surface area contributed by atoms with E-state index in [4.69, 9.17) is 5.73 Å². The summed E-state index contributed by atoms with van der Waals surface area (Å²) in [5.41, 5.74) is 7.48. The lowest BCUT2D eigenvalue weighted by Gasteiger charge is -2.34. The summed E-state index contributed by atoms with van der Waals surface area (Å²) in [7, 11) is 0. The summed E-state index contributed by atoms with van der Waals surface area (Å²) in [4.78, 5) is 13.9. The highest BCUT2D eigenvalue weighted by atomic mass is 16.3. The van der Waals surface area contributed by atoms with E-state index < -0.39 is 0 Å². The molecule has 19 heavy (non-hydrogen) atoms. The average molecular weight is 262 g/mol. The molecule has 4 nitrogen and oxygen atoms in total. The highest BCUT2D eigenvalue weighted by Crippen LogP contribution is 2.18. The van der Waals surface area contributed by atoms with Crippen LogP contribution in [-0.2, 0) is 11.2 Å². The molecular weight excluding hydrogens is 240 g/mol. The number of rotatable bonds is 3. The van der Waals surface area contributed by atoms with Gasteiger partial charge in [0.25, 0.3) is 0 Å². The number of aryl methyl sites for hydroxylation is 1. The third kappa shape index (κ3) is 3.70. The van der Waals surface area contributed by atoms with Crippen LogP contribution in [0.15, 0.2) is 24.3 Å². The zero-order valence-electron chi connectivity index (χ0n) is 11.4. The minimum absolute atomic E-state index is 0.128. The van der Waals surface area contributed by atoms with Crippen molar-refractivity contribution in [3.05, 3.63) is 29.8 Å². The first-order chi connectivity index (χ1) is 9.06. The molecule has 0 saturated carbocycles. The van der Waals surface area contributed by atoms with Gasteiger partial charge in [-0.1, -0.05) is 19.1 Å². The summed E-state index contributed by atoms with van der Waals surface area (Å²) in [6, 6.07) is 7.61. The second-order valence-electron chi connectivity index (χ2n) is 5.41. The van der Waals surface area contributed by atoms with Gasteiger partial charge in [0.1, 0.15) is 0 Å². The maximum absolute atomic E-state index is 12.1. The Labute approximate surface area is 114 Å². The van der Waals surface area contributed by atoms with Gasteiger partial charge in [-0.3, -0.25) is 4.79 Å². The topological polar surface area (TPSA) is 66.6 Å². The fourth-order valence-electron chi connectivity index (χ4n) is 2.37. The lowest BCUT2D eigenvalue weighted by molar-refractivity contribution is -0.135. The molecule has 2 atom stereocenters. The zero-order chi connectivity index (χ0) is 13.8. The number of piperidine rings is 1. The fourth-order valence-corrected chi connectivity index (χ4v) is 2.37. The minimum atomic E-state index is -0.380. The molecule has 1 saturated heterocycles. The van der Waals surface area contributed by atoms with Crippen molar-refractivity contribution in [3.63, 3.8) is 0 Å². The number of β-amino-alcohol motifs (C(OH)–C–C–N with tert-alkyl or cyclic N) is 1. The second kappa shape index (κ2) is 6.06. The average Bonchev–Trinajstić information content (AvgIpc) is 2.41. The van der Waals surface area contributed by atoms with Crippen molar-refractivity contribution >= 4 is 11.6 Å². The van der Waals surface area contributed by atoms with E-state index in [9.17, 15) is 9.90 Å². The number of carbonyl (C=O) groups is 1. The van der Waals surface area contributed by atoms with Crippen LogP contribution in [0, 0.1) is 5.92 Å². The maximum Gasteiger partial charge on any atom is 0.222 e. The lowest BCUT2D eigenvalue weighted by Crippen LogP contribution is -2.45. The number of aliphatic hydroxyl groups is 1. The second-order valence-corrected chi connectivity index (χ2v) is 5.41. The third-order valence-corrected chi connectivity index (χ3v) is 3.88. The van der Waals surface area contributed by atoms with Gasteiger partial charge in [0.15, 0.2) is 0 Å². The zero-order valence-corrected chi connectivity index (χ0v) is 11.4. The Hall–Kier alpha value is -1.55. The van der Waals surface area contributed by atoms with Crippen molar-refractivity contribution in [2.75, 3.05) is 18.8 Å². The summed E-state index contributed by atoms with van der Waals surface area (Å²) in [6.07, 6.45) is 1.72. The van der Waals surface area contributed by atoms with E-state index in [2.05, 4.69) is 0 Å². The van der Waals surface area contributed by atoms with E-state index in [0.29, 0.717) is 18.9 Å². The third-order valence-electron chi connectivity index (χ3n) is 3.88. The van der Waals surface area contributed by atoms with Gasteiger partial charge in [0.2, 0.25) is 5.91 Å². The molecule has 1 aromatic rings. The molecule has 1 aromatic carbocycles. The van der Waals surface area contributed by atoms with Gasteiger partial charge in [-0.2, -0.15) is 0 Å². The van der Waals surface area contributed by atoms with Crippen molar-refractivity contribution < 1.29 is 9.90 Å². The highest BCUT2D eigenvalue weighted by Gasteiger charge is 2.26. The number of carbonyl (C=O) groups excluding carboxylic acids is 1. The van der Waals surface area contributed by atoms with Crippen molar-refractivity contribution in [3.8, 4) is 0 Å². The van der Waals surface area contributed by atoms with E-state index in [-0.39, 0.29) is 12.0 Å². The van der Waals surface area contributed by atoms with Gasteiger partial charge in [-0.05, 0) is 36.5 Å². The number of nitrogen functional groups attached to an aromatic ring is 1. The maximum atomic E-state index is 12.1. The first-order valence-corrected chi connectivity index (χ1v) is 6.86. The van der Waals surface area contributed by atoms with Crippen LogP contribution >= 0.6 is 0 Å². The molecule has 1 aliphatic heterocycles. The summed E-state index contributed by atoms with van der Waals surface area (Å²) in [5.74, 6) is 0.420. The van der Waals surface area contributed by atoms with Gasteiger partial charge in [-0.25, -0.2) is 0 Å². The van der Waals surface area contributed by atoms with Crippen molar-refractivity contribution in [1.29, 1.82) is 0 Å². The number of anilines is 1. The first-order valence-electron chi connectivity index (χ1n) is 6.86. The SMILES string of the molecule is CC1CCN(C(=O)CCc2ccc(N)cc2)CC1O. The van der Waals surface area contributed by atoms with Gasteiger partial charge < -0.3 is 15.7 Å². The van der Waals surface area contributed by atoms with Crippen LogP contribution in [0.1, 0.15) is 25.3 Å². The fraction of sp³-hybridized carbons (Fsp3) is 0.533. The van der Waals surface area contributed by atoms with Crippen molar-refractivity contribution in [2.45, 2.75) is 32.3 Å². The van der Waals surface area contributed by atoms with E-state index in [1.165, 1.54) is 0 Å².